The lowest BCUT2D eigenvalue weighted by atomic mass is 10.0. The number of likely N-dealkylation sites (tertiary alicyclic amines) is 1. The molecule has 228 valence electrons. The summed E-state index contributed by atoms with van der Waals surface area (Å²) in [6, 6.07) is 15.1. The van der Waals surface area contributed by atoms with Gasteiger partial charge in [0, 0.05) is 31.6 Å². The van der Waals surface area contributed by atoms with E-state index in [9.17, 15) is 4.79 Å². The van der Waals surface area contributed by atoms with E-state index in [2.05, 4.69) is 98.4 Å². The van der Waals surface area contributed by atoms with Crippen LogP contribution in [0.2, 0.25) is 0 Å². The maximum Gasteiger partial charge on any atom is 0.253 e. The van der Waals surface area contributed by atoms with Gasteiger partial charge in [-0.05, 0) is 112 Å². The number of carbonyl (C=O) groups excluding carboxylic acids is 1. The van der Waals surface area contributed by atoms with Crippen LogP contribution in [0.15, 0.2) is 48.5 Å². The van der Waals surface area contributed by atoms with Gasteiger partial charge in [-0.25, -0.2) is 4.98 Å². The van der Waals surface area contributed by atoms with Crippen LogP contribution >= 0.6 is 0 Å². The maximum atomic E-state index is 13.8. The van der Waals surface area contributed by atoms with Crippen LogP contribution < -0.4 is 0 Å². The van der Waals surface area contributed by atoms with E-state index in [0.29, 0.717) is 11.8 Å². The number of hydrogen-bond acceptors (Lipinski definition) is 3. The molecule has 0 bridgehead atoms. The number of nitrogens with zero attached hydrogens (tertiary/aromatic N) is 4. The number of aryl methyl sites for hydroxylation is 1. The van der Waals surface area contributed by atoms with Crippen molar-refractivity contribution >= 4 is 22.5 Å². The van der Waals surface area contributed by atoms with Gasteiger partial charge in [0.25, 0.3) is 5.91 Å². The number of piperidine rings is 1. The molecule has 1 aliphatic rings. The molecule has 0 unspecified atom stereocenters. The SMILES string of the molecule is C/C=C(\C)c1ccc(Cc2nc3ccc(C(=O)N(CCC(C)C)CCC(C)C)cc3n2CCCN2CCCCC2)cc1. The summed E-state index contributed by atoms with van der Waals surface area (Å²) in [6.07, 6.45) is 10.1. The Morgan fingerprint density at radius 1 is 0.905 bits per heavy atom. The summed E-state index contributed by atoms with van der Waals surface area (Å²) < 4.78 is 2.40. The number of imidazole rings is 1. The largest absolute Gasteiger partial charge is 0.339 e. The molecule has 4 rings (SSSR count). The van der Waals surface area contributed by atoms with Gasteiger partial charge >= 0.3 is 0 Å². The third kappa shape index (κ3) is 8.80. The van der Waals surface area contributed by atoms with E-state index in [-0.39, 0.29) is 5.91 Å². The summed E-state index contributed by atoms with van der Waals surface area (Å²) in [7, 11) is 0. The zero-order valence-electron chi connectivity index (χ0n) is 27.2. The van der Waals surface area contributed by atoms with Gasteiger partial charge in [0.15, 0.2) is 0 Å². The molecule has 2 heterocycles. The van der Waals surface area contributed by atoms with Gasteiger partial charge in [-0.3, -0.25) is 4.79 Å². The summed E-state index contributed by atoms with van der Waals surface area (Å²) in [5, 5.41) is 0. The number of benzene rings is 2. The van der Waals surface area contributed by atoms with E-state index in [0.717, 1.165) is 74.3 Å². The Bertz CT molecular complexity index is 1300. The number of hydrogen-bond donors (Lipinski definition) is 0. The summed E-state index contributed by atoms with van der Waals surface area (Å²) >= 11 is 0. The molecule has 0 N–H and O–H groups in total. The highest BCUT2D eigenvalue weighted by atomic mass is 16.2. The molecular weight excluding hydrogens is 516 g/mol. The second-order valence-corrected chi connectivity index (χ2v) is 13.1. The lowest BCUT2D eigenvalue weighted by molar-refractivity contribution is 0.0741. The van der Waals surface area contributed by atoms with Crippen LogP contribution in [-0.4, -0.2) is 58.0 Å². The maximum absolute atomic E-state index is 13.8. The number of allylic oxidation sites excluding steroid dienone is 2. The van der Waals surface area contributed by atoms with Crippen molar-refractivity contribution < 1.29 is 4.79 Å². The van der Waals surface area contributed by atoms with Crippen LogP contribution in [0.4, 0.5) is 0 Å². The summed E-state index contributed by atoms with van der Waals surface area (Å²) in [4.78, 5) is 23.7. The molecule has 5 heteroatoms. The van der Waals surface area contributed by atoms with Crippen molar-refractivity contribution in [1.29, 1.82) is 0 Å². The molecule has 3 aromatic rings. The van der Waals surface area contributed by atoms with Crippen LogP contribution in [-0.2, 0) is 13.0 Å². The molecule has 0 saturated carbocycles. The van der Waals surface area contributed by atoms with Gasteiger partial charge in [0.05, 0.1) is 11.0 Å². The minimum absolute atomic E-state index is 0.149. The fraction of sp³-hybridized carbons (Fsp3) is 0.568. The third-order valence-electron chi connectivity index (χ3n) is 8.82. The average Bonchev–Trinajstić information content (AvgIpc) is 3.33. The summed E-state index contributed by atoms with van der Waals surface area (Å²) in [5.41, 5.74) is 6.67. The van der Waals surface area contributed by atoms with Crippen LogP contribution in [0, 0.1) is 11.8 Å². The van der Waals surface area contributed by atoms with Crippen LogP contribution in [0.3, 0.4) is 0 Å². The van der Waals surface area contributed by atoms with E-state index in [1.165, 1.54) is 49.1 Å². The minimum atomic E-state index is 0.149. The molecule has 1 saturated heterocycles. The van der Waals surface area contributed by atoms with Gasteiger partial charge in [-0.2, -0.15) is 0 Å². The normalized spacial score (nSPS) is 14.8. The highest BCUT2D eigenvalue weighted by molar-refractivity contribution is 5.97. The summed E-state index contributed by atoms with van der Waals surface area (Å²) in [5.74, 6) is 2.37. The molecule has 0 aliphatic carbocycles. The van der Waals surface area contributed by atoms with E-state index < -0.39 is 0 Å². The monoisotopic (exact) mass is 570 g/mol. The molecule has 1 fully saturated rings. The van der Waals surface area contributed by atoms with Crippen molar-refractivity contribution in [2.24, 2.45) is 11.8 Å². The number of amides is 1. The molecular formula is C37H54N4O. The Morgan fingerprint density at radius 2 is 1.55 bits per heavy atom. The molecule has 0 radical (unpaired) electrons. The van der Waals surface area contributed by atoms with Gasteiger partial charge in [0.2, 0.25) is 0 Å². The number of carbonyl (C=O) groups is 1. The molecule has 42 heavy (non-hydrogen) atoms. The van der Waals surface area contributed by atoms with Gasteiger partial charge in [-0.15, -0.1) is 0 Å². The fourth-order valence-electron chi connectivity index (χ4n) is 5.89. The molecule has 0 atom stereocenters. The Morgan fingerprint density at radius 3 is 2.17 bits per heavy atom. The second kappa shape index (κ2) is 15.5. The first-order valence-corrected chi connectivity index (χ1v) is 16.5. The smallest absolute Gasteiger partial charge is 0.253 e. The van der Waals surface area contributed by atoms with Crippen molar-refractivity contribution in [2.45, 2.75) is 93.0 Å². The van der Waals surface area contributed by atoms with Gasteiger partial charge < -0.3 is 14.4 Å². The zero-order valence-corrected chi connectivity index (χ0v) is 27.2. The number of fused-ring (bicyclic) bond motifs is 1. The molecule has 0 spiro atoms. The van der Waals surface area contributed by atoms with E-state index >= 15 is 0 Å². The fourth-order valence-corrected chi connectivity index (χ4v) is 5.89. The first-order valence-electron chi connectivity index (χ1n) is 16.5. The van der Waals surface area contributed by atoms with Crippen molar-refractivity contribution in [2.75, 3.05) is 32.7 Å². The standard InChI is InChI=1S/C37H54N4O/c1-7-30(6)32-14-12-31(13-15-32)26-36-38-34-17-16-33(37(42)40(24-18-28(2)3)25-19-29(4)5)27-35(34)41(36)23-11-22-39-20-9-8-10-21-39/h7,12-17,27-29H,8-11,18-26H2,1-6H3/b30-7+. The number of aromatic nitrogens is 2. The molecule has 1 aromatic heterocycles. The van der Waals surface area contributed by atoms with E-state index in [1.54, 1.807) is 0 Å². The van der Waals surface area contributed by atoms with Crippen molar-refractivity contribution in [3.63, 3.8) is 0 Å². The van der Waals surface area contributed by atoms with E-state index in [4.69, 9.17) is 4.98 Å². The molecule has 2 aromatic carbocycles. The van der Waals surface area contributed by atoms with E-state index in [1.807, 2.05) is 6.07 Å². The third-order valence-corrected chi connectivity index (χ3v) is 8.82. The van der Waals surface area contributed by atoms with Crippen LogP contribution in [0.1, 0.15) is 107 Å². The van der Waals surface area contributed by atoms with Crippen LogP contribution in [0.5, 0.6) is 0 Å². The minimum Gasteiger partial charge on any atom is -0.339 e. The Labute approximate surface area is 255 Å². The predicted molar refractivity (Wildman–Crippen MR) is 178 cm³/mol. The number of rotatable bonds is 14. The van der Waals surface area contributed by atoms with Crippen molar-refractivity contribution in [3.8, 4) is 0 Å². The van der Waals surface area contributed by atoms with Gasteiger partial charge in [-0.1, -0.05) is 64.5 Å². The lowest BCUT2D eigenvalue weighted by Crippen LogP contribution is -2.34. The topological polar surface area (TPSA) is 41.4 Å². The molecule has 5 nitrogen and oxygen atoms in total. The highest BCUT2D eigenvalue weighted by Gasteiger charge is 2.20. The lowest BCUT2D eigenvalue weighted by Gasteiger charge is -2.26. The van der Waals surface area contributed by atoms with Crippen molar-refractivity contribution in [3.05, 3.63) is 71.1 Å². The molecule has 1 amide bonds. The Kier molecular flexibility index (Phi) is 11.8. The van der Waals surface area contributed by atoms with Crippen LogP contribution in [0.25, 0.3) is 16.6 Å². The Balaban J connectivity index is 1.62. The highest BCUT2D eigenvalue weighted by Crippen LogP contribution is 2.24. The van der Waals surface area contributed by atoms with Gasteiger partial charge in [0.1, 0.15) is 5.82 Å². The quantitative estimate of drug-likeness (QED) is 0.195. The predicted octanol–water partition coefficient (Wildman–Crippen LogP) is 8.46. The molecule has 1 aliphatic heterocycles. The van der Waals surface area contributed by atoms with Crippen molar-refractivity contribution in [1.82, 2.24) is 19.4 Å². The average molecular weight is 571 g/mol. The summed E-state index contributed by atoms with van der Waals surface area (Å²) in [6.45, 7) is 19.3. The first kappa shape index (κ1) is 32.0. The zero-order chi connectivity index (χ0) is 30.1. The Hall–Kier alpha value is -2.92. The first-order chi connectivity index (χ1) is 20.2. The second-order valence-electron chi connectivity index (χ2n) is 13.1.